The number of nitrogen functional groups attached to an aromatic ring is 1. The highest BCUT2D eigenvalue weighted by atomic mass is 16.5. The topological polar surface area (TPSA) is 57.0 Å². The quantitative estimate of drug-likeness (QED) is 0.499. The number of likely N-dealkylation sites (N-methyl/N-ethyl adjacent to an activating group) is 1. The number of hydrogen-bond acceptors (Lipinski definition) is 5. The first-order chi connectivity index (χ1) is 10.1. The molecule has 0 aromatic heterocycles. The number of ether oxygens (including phenoxy) is 3. The zero-order valence-electron chi connectivity index (χ0n) is 13.4. The smallest absolute Gasteiger partial charge is 0.0701 e. The first kappa shape index (κ1) is 17.9. The number of benzene rings is 1. The maximum absolute atomic E-state index is 5.82. The average molecular weight is 296 g/mol. The Morgan fingerprint density at radius 1 is 1.10 bits per heavy atom. The van der Waals surface area contributed by atoms with Gasteiger partial charge < -0.3 is 19.9 Å². The monoisotopic (exact) mass is 296 g/mol. The molecule has 120 valence electrons. The fourth-order valence-corrected chi connectivity index (χ4v) is 1.94. The van der Waals surface area contributed by atoms with E-state index in [1.165, 1.54) is 5.56 Å². The van der Waals surface area contributed by atoms with E-state index < -0.39 is 0 Å². The lowest BCUT2D eigenvalue weighted by molar-refractivity contribution is 0.0190. The summed E-state index contributed by atoms with van der Waals surface area (Å²) in [4.78, 5) is 2.25. The SMILES string of the molecule is COCCOCCOCCN(C)C(C)c1cccc(N)c1. The van der Waals surface area contributed by atoms with Gasteiger partial charge in [0.1, 0.15) is 0 Å². The Morgan fingerprint density at radius 2 is 1.76 bits per heavy atom. The summed E-state index contributed by atoms with van der Waals surface area (Å²) in [6, 6.07) is 8.33. The van der Waals surface area contributed by atoms with Crippen molar-refractivity contribution in [2.45, 2.75) is 13.0 Å². The lowest BCUT2D eigenvalue weighted by atomic mass is 10.1. The second-order valence-electron chi connectivity index (χ2n) is 5.04. The lowest BCUT2D eigenvalue weighted by Crippen LogP contribution is -2.27. The van der Waals surface area contributed by atoms with Gasteiger partial charge in [-0.25, -0.2) is 0 Å². The maximum atomic E-state index is 5.82. The first-order valence-electron chi connectivity index (χ1n) is 7.35. The minimum Gasteiger partial charge on any atom is -0.399 e. The number of nitrogens with two attached hydrogens (primary N) is 1. The largest absolute Gasteiger partial charge is 0.399 e. The van der Waals surface area contributed by atoms with Crippen LogP contribution in [-0.2, 0) is 14.2 Å². The summed E-state index contributed by atoms with van der Waals surface area (Å²) in [5.74, 6) is 0. The highest BCUT2D eigenvalue weighted by molar-refractivity contribution is 5.41. The molecule has 0 heterocycles. The highest BCUT2D eigenvalue weighted by Crippen LogP contribution is 2.20. The summed E-state index contributed by atoms with van der Waals surface area (Å²) < 4.78 is 15.8. The van der Waals surface area contributed by atoms with Crippen molar-refractivity contribution in [2.75, 3.05) is 59.5 Å². The van der Waals surface area contributed by atoms with Gasteiger partial charge in [0.05, 0.1) is 33.0 Å². The van der Waals surface area contributed by atoms with Gasteiger partial charge in [-0.3, -0.25) is 4.90 Å². The molecule has 0 fully saturated rings. The van der Waals surface area contributed by atoms with E-state index in [0.717, 1.165) is 12.2 Å². The Kier molecular flexibility index (Phi) is 9.01. The predicted octanol–water partition coefficient (Wildman–Crippen LogP) is 1.94. The molecule has 1 atom stereocenters. The summed E-state index contributed by atoms with van der Waals surface area (Å²) in [5, 5.41) is 0. The van der Waals surface area contributed by atoms with Gasteiger partial charge in [-0.05, 0) is 31.7 Å². The minimum atomic E-state index is 0.315. The Labute approximate surface area is 128 Å². The van der Waals surface area contributed by atoms with Crippen LogP contribution < -0.4 is 5.73 Å². The van der Waals surface area contributed by atoms with E-state index in [-0.39, 0.29) is 0 Å². The molecule has 0 amide bonds. The van der Waals surface area contributed by atoms with Gasteiger partial charge in [0.2, 0.25) is 0 Å². The van der Waals surface area contributed by atoms with E-state index in [2.05, 4.69) is 24.9 Å². The van der Waals surface area contributed by atoms with Crippen molar-refractivity contribution in [3.63, 3.8) is 0 Å². The molecule has 0 aliphatic rings. The normalized spacial score (nSPS) is 12.8. The molecule has 0 spiro atoms. The van der Waals surface area contributed by atoms with Gasteiger partial charge in [-0.2, -0.15) is 0 Å². The third-order valence-corrected chi connectivity index (χ3v) is 3.45. The maximum Gasteiger partial charge on any atom is 0.0701 e. The van der Waals surface area contributed by atoms with Crippen LogP contribution in [0.5, 0.6) is 0 Å². The van der Waals surface area contributed by atoms with Crippen LogP contribution in [-0.4, -0.2) is 58.6 Å². The summed E-state index contributed by atoms with van der Waals surface area (Å²) in [7, 11) is 3.75. The van der Waals surface area contributed by atoms with E-state index in [4.69, 9.17) is 19.9 Å². The fraction of sp³-hybridized carbons (Fsp3) is 0.625. The highest BCUT2D eigenvalue weighted by Gasteiger charge is 2.11. The van der Waals surface area contributed by atoms with Crippen molar-refractivity contribution in [1.29, 1.82) is 0 Å². The third kappa shape index (κ3) is 7.43. The second-order valence-corrected chi connectivity index (χ2v) is 5.04. The van der Waals surface area contributed by atoms with Crippen LogP contribution >= 0.6 is 0 Å². The van der Waals surface area contributed by atoms with Gasteiger partial charge in [-0.15, -0.1) is 0 Å². The number of methoxy groups -OCH3 is 1. The molecule has 0 aliphatic carbocycles. The number of rotatable bonds is 11. The Balaban J connectivity index is 2.14. The van der Waals surface area contributed by atoms with Crippen molar-refractivity contribution in [1.82, 2.24) is 4.90 Å². The number of anilines is 1. The first-order valence-corrected chi connectivity index (χ1v) is 7.35. The Hall–Kier alpha value is -1.14. The molecule has 0 bridgehead atoms. The van der Waals surface area contributed by atoms with Gasteiger partial charge >= 0.3 is 0 Å². The molecule has 2 N–H and O–H groups in total. The summed E-state index contributed by atoms with van der Waals surface area (Å²) in [6.07, 6.45) is 0. The molecule has 1 aromatic carbocycles. The van der Waals surface area contributed by atoms with Crippen LogP contribution in [0.3, 0.4) is 0 Å². The molecule has 5 nitrogen and oxygen atoms in total. The standard InChI is InChI=1S/C16H28N2O3/c1-14(15-5-4-6-16(17)13-15)18(2)7-8-20-11-12-21-10-9-19-3/h4-6,13-14H,7-12,17H2,1-3H3. The van der Waals surface area contributed by atoms with Crippen molar-refractivity contribution in [3.05, 3.63) is 29.8 Å². The lowest BCUT2D eigenvalue weighted by Gasteiger charge is -2.25. The van der Waals surface area contributed by atoms with Crippen molar-refractivity contribution < 1.29 is 14.2 Å². The van der Waals surface area contributed by atoms with Crippen molar-refractivity contribution in [3.8, 4) is 0 Å². The van der Waals surface area contributed by atoms with Crippen LogP contribution in [0.1, 0.15) is 18.5 Å². The molecule has 1 rings (SSSR count). The molecular weight excluding hydrogens is 268 g/mol. The molecule has 0 aliphatic heterocycles. The molecule has 21 heavy (non-hydrogen) atoms. The van der Waals surface area contributed by atoms with Gasteiger partial charge in [0.25, 0.3) is 0 Å². The average Bonchev–Trinajstić information content (AvgIpc) is 2.49. The number of hydrogen-bond donors (Lipinski definition) is 1. The zero-order valence-corrected chi connectivity index (χ0v) is 13.4. The van der Waals surface area contributed by atoms with E-state index in [1.54, 1.807) is 7.11 Å². The predicted molar refractivity (Wildman–Crippen MR) is 85.4 cm³/mol. The summed E-state index contributed by atoms with van der Waals surface area (Å²) >= 11 is 0. The Bertz CT molecular complexity index is 388. The van der Waals surface area contributed by atoms with Gasteiger partial charge in [0.15, 0.2) is 0 Å². The van der Waals surface area contributed by atoms with E-state index in [9.17, 15) is 0 Å². The summed E-state index contributed by atoms with van der Waals surface area (Å²) in [6.45, 7) is 6.20. The van der Waals surface area contributed by atoms with Crippen LogP contribution in [0.4, 0.5) is 5.69 Å². The molecule has 0 saturated carbocycles. The number of nitrogens with zero attached hydrogens (tertiary/aromatic N) is 1. The fourth-order valence-electron chi connectivity index (χ4n) is 1.94. The zero-order chi connectivity index (χ0) is 15.5. The minimum absolute atomic E-state index is 0.315. The molecule has 1 aromatic rings. The molecule has 0 radical (unpaired) electrons. The van der Waals surface area contributed by atoms with E-state index >= 15 is 0 Å². The molecule has 0 saturated heterocycles. The van der Waals surface area contributed by atoms with Gasteiger partial charge in [-0.1, -0.05) is 12.1 Å². The van der Waals surface area contributed by atoms with E-state index in [1.807, 2.05) is 18.2 Å². The van der Waals surface area contributed by atoms with Gasteiger partial charge in [0, 0.05) is 25.4 Å². The summed E-state index contributed by atoms with van der Waals surface area (Å²) in [5.41, 5.74) is 7.85. The second kappa shape index (κ2) is 10.6. The van der Waals surface area contributed by atoms with Crippen LogP contribution in [0.15, 0.2) is 24.3 Å². The third-order valence-electron chi connectivity index (χ3n) is 3.45. The van der Waals surface area contributed by atoms with Crippen molar-refractivity contribution in [2.24, 2.45) is 0 Å². The Morgan fingerprint density at radius 3 is 2.43 bits per heavy atom. The molecule has 5 heteroatoms. The van der Waals surface area contributed by atoms with Crippen LogP contribution in [0, 0.1) is 0 Å². The van der Waals surface area contributed by atoms with Crippen molar-refractivity contribution >= 4 is 5.69 Å². The van der Waals surface area contributed by atoms with Crippen LogP contribution in [0.25, 0.3) is 0 Å². The molecule has 1 unspecified atom stereocenters. The van der Waals surface area contributed by atoms with Crippen LogP contribution in [0.2, 0.25) is 0 Å². The van der Waals surface area contributed by atoms with E-state index in [0.29, 0.717) is 39.1 Å². The molecular formula is C16H28N2O3.